The second-order valence-corrected chi connectivity index (χ2v) is 5.53. The molecule has 0 aliphatic carbocycles. The van der Waals surface area contributed by atoms with E-state index >= 15 is 0 Å². The summed E-state index contributed by atoms with van der Waals surface area (Å²) in [6, 6.07) is 0. The zero-order chi connectivity index (χ0) is 9.83. The van der Waals surface area contributed by atoms with E-state index in [0.29, 0.717) is 5.41 Å². The smallest absolute Gasteiger partial charge is 0.00148 e. The van der Waals surface area contributed by atoms with Crippen LogP contribution in [0.15, 0.2) is 0 Å². The zero-order valence-electron chi connectivity index (χ0n) is 9.20. The summed E-state index contributed by atoms with van der Waals surface area (Å²) in [5.41, 5.74) is 6.21. The maximum Gasteiger partial charge on any atom is 0.00148 e. The maximum absolute atomic E-state index is 5.62. The lowest BCUT2D eigenvalue weighted by Crippen LogP contribution is -2.38. The van der Waals surface area contributed by atoms with Gasteiger partial charge in [0.2, 0.25) is 0 Å². The fraction of sp³-hybridized carbons (Fsp3) is 1.00. The molecule has 0 radical (unpaired) electrons. The first kappa shape index (κ1) is 11.9. The van der Waals surface area contributed by atoms with Gasteiger partial charge in [0.25, 0.3) is 0 Å². The van der Waals surface area contributed by atoms with Crippen molar-refractivity contribution in [2.75, 3.05) is 19.6 Å². The summed E-state index contributed by atoms with van der Waals surface area (Å²) < 4.78 is 0. The summed E-state index contributed by atoms with van der Waals surface area (Å²) in [7, 11) is 0. The van der Waals surface area contributed by atoms with Crippen molar-refractivity contribution >= 4 is 0 Å². The van der Waals surface area contributed by atoms with E-state index in [4.69, 9.17) is 5.73 Å². The molecule has 0 aromatic carbocycles. The van der Waals surface area contributed by atoms with Gasteiger partial charge in [-0.2, -0.15) is 0 Å². The Labute approximate surface area is 76.9 Å². The molecule has 0 bridgehead atoms. The van der Waals surface area contributed by atoms with Gasteiger partial charge in [-0.15, -0.1) is 0 Å². The predicted molar refractivity (Wildman–Crippen MR) is 55.2 cm³/mol. The molecule has 0 amide bonds. The summed E-state index contributed by atoms with van der Waals surface area (Å²) in [6.45, 7) is 13.9. The van der Waals surface area contributed by atoms with Crippen molar-refractivity contribution in [1.29, 1.82) is 0 Å². The topological polar surface area (TPSA) is 38.0 Å². The highest BCUT2D eigenvalue weighted by atomic mass is 14.9. The average Bonchev–Trinajstić information content (AvgIpc) is 1.84. The van der Waals surface area contributed by atoms with Gasteiger partial charge in [0, 0.05) is 13.1 Å². The number of nitrogens with one attached hydrogen (secondary N) is 1. The van der Waals surface area contributed by atoms with Gasteiger partial charge in [-0.05, 0) is 17.4 Å². The molecule has 0 rings (SSSR count). The Balaban J connectivity index is 3.57. The summed E-state index contributed by atoms with van der Waals surface area (Å²) in [4.78, 5) is 0. The lowest BCUT2D eigenvalue weighted by atomic mass is 9.92. The van der Waals surface area contributed by atoms with Crippen molar-refractivity contribution in [2.24, 2.45) is 16.6 Å². The third kappa shape index (κ3) is 6.62. The molecule has 2 heteroatoms. The zero-order valence-corrected chi connectivity index (χ0v) is 9.20. The monoisotopic (exact) mass is 172 g/mol. The first-order chi connectivity index (χ1) is 5.27. The van der Waals surface area contributed by atoms with Gasteiger partial charge in [-0.3, -0.25) is 0 Å². The number of hydrogen-bond acceptors (Lipinski definition) is 2. The van der Waals surface area contributed by atoms with Crippen molar-refractivity contribution in [3.63, 3.8) is 0 Å². The third-order valence-corrected chi connectivity index (χ3v) is 1.81. The van der Waals surface area contributed by atoms with Crippen LogP contribution in [0.4, 0.5) is 0 Å². The van der Waals surface area contributed by atoms with Crippen LogP contribution in [0.1, 0.15) is 34.6 Å². The van der Waals surface area contributed by atoms with Crippen molar-refractivity contribution < 1.29 is 0 Å². The molecule has 3 N–H and O–H groups in total. The van der Waals surface area contributed by atoms with Crippen LogP contribution in [0.5, 0.6) is 0 Å². The number of hydrogen-bond donors (Lipinski definition) is 2. The predicted octanol–water partition coefficient (Wildman–Crippen LogP) is 1.61. The molecule has 0 saturated heterocycles. The Hall–Kier alpha value is -0.0800. The highest BCUT2D eigenvalue weighted by molar-refractivity contribution is 4.74. The molecule has 0 aromatic heterocycles. The Bertz CT molecular complexity index is 122. The average molecular weight is 172 g/mol. The molecule has 2 nitrogen and oxygen atoms in total. The molecular weight excluding hydrogens is 148 g/mol. The van der Waals surface area contributed by atoms with Crippen LogP contribution in [-0.2, 0) is 0 Å². The molecule has 0 heterocycles. The minimum atomic E-state index is 0.227. The molecule has 0 spiro atoms. The van der Waals surface area contributed by atoms with E-state index in [2.05, 4.69) is 39.9 Å². The molecular formula is C10H24N2. The summed E-state index contributed by atoms with van der Waals surface area (Å²) in [5.74, 6) is 0. The molecule has 0 saturated carbocycles. The van der Waals surface area contributed by atoms with Gasteiger partial charge in [-0.1, -0.05) is 34.6 Å². The molecule has 0 unspecified atom stereocenters. The molecule has 0 aliphatic heterocycles. The fourth-order valence-corrected chi connectivity index (χ4v) is 0.848. The van der Waals surface area contributed by atoms with E-state index in [1.807, 2.05) is 0 Å². The summed E-state index contributed by atoms with van der Waals surface area (Å²) >= 11 is 0. The van der Waals surface area contributed by atoms with Gasteiger partial charge in [0.15, 0.2) is 0 Å². The Morgan fingerprint density at radius 1 is 1.00 bits per heavy atom. The Kier molecular flexibility index (Phi) is 4.21. The van der Waals surface area contributed by atoms with E-state index in [1.165, 1.54) is 0 Å². The van der Waals surface area contributed by atoms with Gasteiger partial charge >= 0.3 is 0 Å². The highest BCUT2D eigenvalue weighted by Crippen LogP contribution is 2.13. The lowest BCUT2D eigenvalue weighted by Gasteiger charge is -2.26. The van der Waals surface area contributed by atoms with Crippen LogP contribution < -0.4 is 11.1 Å². The second kappa shape index (κ2) is 4.24. The molecule has 12 heavy (non-hydrogen) atoms. The van der Waals surface area contributed by atoms with Crippen molar-refractivity contribution in [2.45, 2.75) is 34.6 Å². The van der Waals surface area contributed by atoms with E-state index in [9.17, 15) is 0 Å². The maximum atomic E-state index is 5.62. The Morgan fingerprint density at radius 2 is 1.50 bits per heavy atom. The van der Waals surface area contributed by atoms with Crippen molar-refractivity contribution in [3.8, 4) is 0 Å². The first-order valence-corrected chi connectivity index (χ1v) is 4.68. The van der Waals surface area contributed by atoms with Gasteiger partial charge in [0.1, 0.15) is 0 Å². The van der Waals surface area contributed by atoms with Crippen molar-refractivity contribution in [3.05, 3.63) is 0 Å². The SMILES string of the molecule is CC(C)(C)CNCC(C)(C)CN. The van der Waals surface area contributed by atoms with Crippen LogP contribution in [0.2, 0.25) is 0 Å². The largest absolute Gasteiger partial charge is 0.330 e. The molecule has 0 fully saturated rings. The van der Waals surface area contributed by atoms with E-state index in [-0.39, 0.29) is 5.41 Å². The van der Waals surface area contributed by atoms with E-state index < -0.39 is 0 Å². The Morgan fingerprint density at radius 3 is 1.83 bits per heavy atom. The normalized spacial score (nSPS) is 13.5. The van der Waals surface area contributed by atoms with Gasteiger partial charge in [-0.25, -0.2) is 0 Å². The minimum Gasteiger partial charge on any atom is -0.330 e. The fourth-order valence-electron chi connectivity index (χ4n) is 0.848. The van der Waals surface area contributed by atoms with Gasteiger partial charge in [0.05, 0.1) is 0 Å². The van der Waals surface area contributed by atoms with Crippen LogP contribution in [-0.4, -0.2) is 19.6 Å². The standard InChI is InChI=1S/C10H24N2/c1-9(2,3)7-12-8-10(4,5)6-11/h12H,6-8,11H2,1-5H3. The molecule has 74 valence electrons. The first-order valence-electron chi connectivity index (χ1n) is 4.68. The highest BCUT2D eigenvalue weighted by Gasteiger charge is 2.16. The van der Waals surface area contributed by atoms with Crippen LogP contribution >= 0.6 is 0 Å². The van der Waals surface area contributed by atoms with E-state index in [0.717, 1.165) is 19.6 Å². The summed E-state index contributed by atoms with van der Waals surface area (Å²) in [5, 5.41) is 3.44. The minimum absolute atomic E-state index is 0.227. The molecule has 0 aromatic rings. The number of nitrogens with two attached hydrogens (primary N) is 1. The van der Waals surface area contributed by atoms with Crippen LogP contribution in [0.25, 0.3) is 0 Å². The van der Waals surface area contributed by atoms with E-state index in [1.54, 1.807) is 0 Å². The molecule has 0 aliphatic rings. The van der Waals surface area contributed by atoms with Crippen molar-refractivity contribution in [1.82, 2.24) is 5.32 Å². The quantitative estimate of drug-likeness (QED) is 0.676. The lowest BCUT2D eigenvalue weighted by molar-refractivity contribution is 0.308. The third-order valence-electron chi connectivity index (χ3n) is 1.81. The van der Waals surface area contributed by atoms with Gasteiger partial charge < -0.3 is 11.1 Å². The van der Waals surface area contributed by atoms with Crippen LogP contribution in [0.3, 0.4) is 0 Å². The number of rotatable bonds is 4. The summed E-state index contributed by atoms with van der Waals surface area (Å²) in [6.07, 6.45) is 0. The second-order valence-electron chi connectivity index (χ2n) is 5.53. The van der Waals surface area contributed by atoms with Crippen LogP contribution in [0, 0.1) is 10.8 Å². The molecule has 0 atom stereocenters.